The highest BCUT2D eigenvalue weighted by molar-refractivity contribution is 9.10. The first-order valence-electron chi connectivity index (χ1n) is 6.07. The van der Waals surface area contributed by atoms with Crippen molar-refractivity contribution >= 4 is 21.6 Å². The van der Waals surface area contributed by atoms with Gasteiger partial charge in [-0.3, -0.25) is 0 Å². The highest BCUT2D eigenvalue weighted by Gasteiger charge is 2.11. The summed E-state index contributed by atoms with van der Waals surface area (Å²) < 4.78 is 27.0. The highest BCUT2D eigenvalue weighted by Crippen LogP contribution is 2.29. The van der Waals surface area contributed by atoms with Gasteiger partial charge in [-0.2, -0.15) is 0 Å². The van der Waals surface area contributed by atoms with Gasteiger partial charge in [0, 0.05) is 4.47 Å². The van der Waals surface area contributed by atoms with Gasteiger partial charge in [0.1, 0.15) is 11.6 Å². The first-order chi connectivity index (χ1) is 9.10. The predicted octanol–water partition coefficient (Wildman–Crippen LogP) is 5.29. The van der Waals surface area contributed by atoms with E-state index < -0.39 is 0 Å². The van der Waals surface area contributed by atoms with Crippen molar-refractivity contribution in [3.8, 4) is 0 Å². The zero-order valence-corrected chi connectivity index (χ0v) is 12.0. The molecule has 1 nitrogen and oxygen atoms in total. The zero-order chi connectivity index (χ0) is 13.8. The fraction of sp³-hybridized carbons (Fsp3) is 0.200. The van der Waals surface area contributed by atoms with Crippen molar-refractivity contribution in [1.82, 2.24) is 0 Å². The van der Waals surface area contributed by atoms with E-state index >= 15 is 0 Å². The SMILES string of the molecule is CCC(Nc1cc(F)ccc1Br)c1ccc(F)cc1. The van der Waals surface area contributed by atoms with Gasteiger partial charge in [-0.25, -0.2) is 8.78 Å². The summed E-state index contributed by atoms with van der Waals surface area (Å²) in [6, 6.07) is 10.9. The molecule has 0 fully saturated rings. The summed E-state index contributed by atoms with van der Waals surface area (Å²) in [5.74, 6) is -0.551. The van der Waals surface area contributed by atoms with Gasteiger partial charge in [-0.15, -0.1) is 0 Å². The number of rotatable bonds is 4. The third-order valence-electron chi connectivity index (χ3n) is 2.94. The average molecular weight is 326 g/mol. The lowest BCUT2D eigenvalue weighted by Crippen LogP contribution is -2.10. The fourth-order valence-electron chi connectivity index (χ4n) is 1.91. The van der Waals surface area contributed by atoms with Crippen LogP contribution in [0.2, 0.25) is 0 Å². The molecule has 2 aromatic rings. The summed E-state index contributed by atoms with van der Waals surface area (Å²) >= 11 is 3.38. The monoisotopic (exact) mass is 325 g/mol. The van der Waals surface area contributed by atoms with E-state index in [1.165, 1.54) is 24.3 Å². The lowest BCUT2D eigenvalue weighted by molar-refractivity contribution is 0.624. The van der Waals surface area contributed by atoms with E-state index in [0.29, 0.717) is 5.69 Å². The van der Waals surface area contributed by atoms with Crippen LogP contribution in [0.4, 0.5) is 14.5 Å². The van der Waals surface area contributed by atoms with Gasteiger partial charge in [0.2, 0.25) is 0 Å². The largest absolute Gasteiger partial charge is 0.377 e. The molecule has 0 aliphatic rings. The van der Waals surface area contributed by atoms with E-state index in [4.69, 9.17) is 0 Å². The van der Waals surface area contributed by atoms with Crippen molar-refractivity contribution < 1.29 is 8.78 Å². The Hall–Kier alpha value is -1.42. The molecule has 2 rings (SSSR count). The molecule has 0 radical (unpaired) electrons. The van der Waals surface area contributed by atoms with Crippen LogP contribution in [0.3, 0.4) is 0 Å². The fourth-order valence-corrected chi connectivity index (χ4v) is 2.27. The summed E-state index contributed by atoms with van der Waals surface area (Å²) in [5, 5.41) is 3.26. The first-order valence-corrected chi connectivity index (χ1v) is 6.86. The normalized spacial score (nSPS) is 12.2. The molecule has 4 heteroatoms. The maximum atomic E-state index is 13.2. The van der Waals surface area contributed by atoms with Gasteiger partial charge in [-0.1, -0.05) is 19.1 Å². The van der Waals surface area contributed by atoms with E-state index in [2.05, 4.69) is 21.2 Å². The van der Waals surface area contributed by atoms with Crippen LogP contribution < -0.4 is 5.32 Å². The third kappa shape index (κ3) is 3.53. The molecule has 1 atom stereocenters. The first kappa shape index (κ1) is 14.0. The molecule has 100 valence electrons. The number of hydrogen-bond acceptors (Lipinski definition) is 1. The third-order valence-corrected chi connectivity index (χ3v) is 3.63. The smallest absolute Gasteiger partial charge is 0.125 e. The minimum Gasteiger partial charge on any atom is -0.377 e. The van der Waals surface area contributed by atoms with E-state index in [-0.39, 0.29) is 17.7 Å². The van der Waals surface area contributed by atoms with E-state index in [9.17, 15) is 8.78 Å². The Morgan fingerprint density at radius 3 is 2.32 bits per heavy atom. The van der Waals surface area contributed by atoms with Gasteiger partial charge >= 0.3 is 0 Å². The molecule has 0 heterocycles. The van der Waals surface area contributed by atoms with Crippen molar-refractivity contribution in [2.75, 3.05) is 5.32 Å². The molecule has 1 N–H and O–H groups in total. The Balaban J connectivity index is 2.23. The van der Waals surface area contributed by atoms with Crippen molar-refractivity contribution in [2.45, 2.75) is 19.4 Å². The summed E-state index contributed by atoms with van der Waals surface area (Å²) in [6.07, 6.45) is 0.814. The van der Waals surface area contributed by atoms with Crippen LogP contribution in [-0.4, -0.2) is 0 Å². The maximum Gasteiger partial charge on any atom is 0.125 e. The van der Waals surface area contributed by atoms with Crippen molar-refractivity contribution in [2.24, 2.45) is 0 Å². The second-order valence-electron chi connectivity index (χ2n) is 4.28. The summed E-state index contributed by atoms with van der Waals surface area (Å²) in [7, 11) is 0. The topological polar surface area (TPSA) is 12.0 Å². The van der Waals surface area contributed by atoms with Crippen LogP contribution in [0.5, 0.6) is 0 Å². The molecule has 19 heavy (non-hydrogen) atoms. The second kappa shape index (κ2) is 6.15. The van der Waals surface area contributed by atoms with Crippen LogP contribution in [-0.2, 0) is 0 Å². The second-order valence-corrected chi connectivity index (χ2v) is 5.14. The molecule has 0 aliphatic carbocycles. The molecule has 0 saturated heterocycles. The van der Waals surface area contributed by atoms with E-state index in [1.807, 2.05) is 6.92 Å². The Labute approximate surface area is 119 Å². The van der Waals surface area contributed by atoms with E-state index in [0.717, 1.165) is 16.5 Å². The van der Waals surface area contributed by atoms with Crippen LogP contribution in [0.25, 0.3) is 0 Å². The molecule has 0 spiro atoms. The maximum absolute atomic E-state index is 13.2. The van der Waals surface area contributed by atoms with Crippen molar-refractivity contribution in [3.05, 3.63) is 64.1 Å². The molecule has 0 amide bonds. The molecular weight excluding hydrogens is 312 g/mol. The Morgan fingerprint density at radius 1 is 1.05 bits per heavy atom. The van der Waals surface area contributed by atoms with Gasteiger partial charge in [0.25, 0.3) is 0 Å². The Morgan fingerprint density at radius 2 is 1.68 bits per heavy atom. The molecule has 0 aliphatic heterocycles. The Bertz CT molecular complexity index is 555. The molecular formula is C15H14BrF2N. The quantitative estimate of drug-likeness (QED) is 0.805. The lowest BCUT2D eigenvalue weighted by atomic mass is 10.0. The van der Waals surface area contributed by atoms with Crippen LogP contribution >= 0.6 is 15.9 Å². The highest BCUT2D eigenvalue weighted by atomic mass is 79.9. The van der Waals surface area contributed by atoms with E-state index in [1.54, 1.807) is 18.2 Å². The van der Waals surface area contributed by atoms with Gasteiger partial charge in [-0.05, 0) is 58.2 Å². The number of nitrogens with one attached hydrogen (secondary N) is 1. The number of hydrogen-bond donors (Lipinski definition) is 1. The minimum absolute atomic E-state index is 0.0127. The summed E-state index contributed by atoms with van der Waals surface area (Å²) in [5.41, 5.74) is 1.66. The molecule has 1 unspecified atom stereocenters. The number of halogens is 3. The van der Waals surface area contributed by atoms with Crippen LogP contribution in [0.1, 0.15) is 24.9 Å². The van der Waals surface area contributed by atoms with Crippen molar-refractivity contribution in [3.63, 3.8) is 0 Å². The molecule has 0 bridgehead atoms. The standard InChI is InChI=1S/C15H14BrF2N/c1-2-14(10-3-5-11(17)6-4-10)19-15-9-12(18)7-8-13(15)16/h3-9,14,19H,2H2,1H3. The molecule has 2 aromatic carbocycles. The zero-order valence-electron chi connectivity index (χ0n) is 10.5. The molecule has 0 saturated carbocycles. The van der Waals surface area contributed by atoms with Gasteiger partial charge in [0.15, 0.2) is 0 Å². The predicted molar refractivity (Wildman–Crippen MR) is 77.2 cm³/mol. The van der Waals surface area contributed by atoms with Crippen LogP contribution in [0.15, 0.2) is 46.9 Å². The van der Waals surface area contributed by atoms with Gasteiger partial charge in [0.05, 0.1) is 11.7 Å². The average Bonchev–Trinajstić information content (AvgIpc) is 2.41. The number of benzene rings is 2. The van der Waals surface area contributed by atoms with Crippen molar-refractivity contribution in [1.29, 1.82) is 0 Å². The molecule has 0 aromatic heterocycles. The van der Waals surface area contributed by atoms with Crippen LogP contribution in [0, 0.1) is 11.6 Å². The minimum atomic E-state index is -0.292. The number of anilines is 1. The lowest BCUT2D eigenvalue weighted by Gasteiger charge is -2.19. The Kier molecular flexibility index (Phi) is 4.53. The van der Waals surface area contributed by atoms with Gasteiger partial charge < -0.3 is 5.32 Å². The summed E-state index contributed by atoms with van der Waals surface area (Å²) in [4.78, 5) is 0. The summed E-state index contributed by atoms with van der Waals surface area (Å²) in [6.45, 7) is 2.02.